The Morgan fingerprint density at radius 1 is 0.821 bits per heavy atom. The van der Waals surface area contributed by atoms with Gasteiger partial charge in [-0.25, -0.2) is 0 Å². The summed E-state index contributed by atoms with van der Waals surface area (Å²) in [5, 5.41) is 10.0. The Morgan fingerprint density at radius 2 is 1.43 bits per heavy atom. The van der Waals surface area contributed by atoms with E-state index < -0.39 is 0 Å². The fourth-order valence-corrected chi connectivity index (χ4v) is 3.89. The maximum atomic E-state index is 12.9. The molecule has 0 saturated carbocycles. The van der Waals surface area contributed by atoms with Crippen LogP contribution in [0, 0.1) is 13.8 Å². The lowest BCUT2D eigenvalue weighted by molar-refractivity contribution is 0.0747. The Morgan fingerprint density at radius 3 is 2.04 bits per heavy atom. The minimum atomic E-state index is 0.0597. The summed E-state index contributed by atoms with van der Waals surface area (Å²) in [7, 11) is 0. The third-order valence-electron chi connectivity index (χ3n) is 5.43. The van der Waals surface area contributed by atoms with Gasteiger partial charge in [0.1, 0.15) is 5.75 Å². The summed E-state index contributed by atoms with van der Waals surface area (Å²) in [6.45, 7) is 6.87. The topological polar surface area (TPSA) is 48.7 Å². The lowest BCUT2D eigenvalue weighted by Crippen LogP contribution is -2.48. The van der Waals surface area contributed by atoms with Gasteiger partial charge < -0.3 is 19.5 Å². The zero-order chi connectivity index (χ0) is 19.7. The number of aromatic hydroxyl groups is 1. The van der Waals surface area contributed by atoms with E-state index in [0.717, 1.165) is 11.4 Å². The van der Waals surface area contributed by atoms with E-state index >= 15 is 0 Å². The first-order chi connectivity index (χ1) is 13.5. The normalized spacial score (nSPS) is 14.4. The molecule has 0 atom stereocenters. The van der Waals surface area contributed by atoms with Crippen molar-refractivity contribution in [3.8, 4) is 11.4 Å². The van der Waals surface area contributed by atoms with E-state index in [9.17, 15) is 9.90 Å². The standard InChI is InChI=1S/C23H25N3O2/c1-17-7-8-18(2)26(17)20-11-9-19(10-12-20)23(28)25-15-13-24(14-16-25)21-5-3-4-6-22(21)27/h3-12,27H,13-16H2,1-2H3. The Kier molecular flexibility index (Phi) is 4.82. The Hall–Kier alpha value is -3.21. The molecule has 0 radical (unpaired) electrons. The monoisotopic (exact) mass is 375 g/mol. The highest BCUT2D eigenvalue weighted by Gasteiger charge is 2.23. The first kappa shape index (κ1) is 18.2. The number of para-hydroxylation sites is 2. The van der Waals surface area contributed by atoms with Crippen LogP contribution in [0.1, 0.15) is 21.7 Å². The van der Waals surface area contributed by atoms with Gasteiger partial charge in [-0.1, -0.05) is 12.1 Å². The van der Waals surface area contributed by atoms with Crippen molar-refractivity contribution >= 4 is 11.6 Å². The van der Waals surface area contributed by atoms with Crippen molar-refractivity contribution in [1.29, 1.82) is 0 Å². The number of anilines is 1. The summed E-state index contributed by atoms with van der Waals surface area (Å²) >= 11 is 0. The number of nitrogens with zero attached hydrogens (tertiary/aromatic N) is 3. The maximum Gasteiger partial charge on any atom is 0.253 e. The van der Waals surface area contributed by atoms with Crippen LogP contribution in [-0.4, -0.2) is 46.7 Å². The molecule has 144 valence electrons. The molecule has 1 aliphatic heterocycles. The summed E-state index contributed by atoms with van der Waals surface area (Å²) in [5.74, 6) is 0.345. The van der Waals surface area contributed by atoms with Gasteiger partial charge in [0.25, 0.3) is 5.91 Å². The maximum absolute atomic E-state index is 12.9. The predicted octanol–water partition coefficient (Wildman–Crippen LogP) is 3.76. The predicted molar refractivity (Wildman–Crippen MR) is 111 cm³/mol. The van der Waals surface area contributed by atoms with E-state index in [-0.39, 0.29) is 11.7 Å². The minimum Gasteiger partial charge on any atom is -0.506 e. The number of piperazine rings is 1. The smallest absolute Gasteiger partial charge is 0.253 e. The number of amides is 1. The van der Waals surface area contributed by atoms with Crippen molar-refractivity contribution in [2.45, 2.75) is 13.8 Å². The van der Waals surface area contributed by atoms with Gasteiger partial charge in [0.2, 0.25) is 0 Å². The fraction of sp³-hybridized carbons (Fsp3) is 0.261. The summed E-state index contributed by atoms with van der Waals surface area (Å²) in [5.41, 5.74) is 4.97. The molecule has 1 fully saturated rings. The number of hydrogen-bond donors (Lipinski definition) is 1. The van der Waals surface area contributed by atoms with E-state index in [2.05, 4.69) is 35.4 Å². The van der Waals surface area contributed by atoms with Gasteiger partial charge in [-0.3, -0.25) is 4.79 Å². The van der Waals surface area contributed by atoms with Crippen LogP contribution < -0.4 is 4.90 Å². The molecule has 0 aliphatic carbocycles. The number of phenolic OH excluding ortho intramolecular Hbond substituents is 1. The zero-order valence-electron chi connectivity index (χ0n) is 16.3. The van der Waals surface area contributed by atoms with Crippen LogP contribution in [0.15, 0.2) is 60.7 Å². The molecule has 0 unspecified atom stereocenters. The second-order valence-corrected chi connectivity index (χ2v) is 7.27. The molecule has 2 heterocycles. The van der Waals surface area contributed by atoms with E-state index in [4.69, 9.17) is 0 Å². The van der Waals surface area contributed by atoms with Gasteiger partial charge >= 0.3 is 0 Å². The number of carbonyl (C=O) groups is 1. The van der Waals surface area contributed by atoms with Crippen LogP contribution in [0.5, 0.6) is 5.75 Å². The second-order valence-electron chi connectivity index (χ2n) is 7.27. The summed E-state index contributed by atoms with van der Waals surface area (Å²) < 4.78 is 2.18. The molecule has 28 heavy (non-hydrogen) atoms. The minimum absolute atomic E-state index is 0.0597. The molecule has 1 aliphatic rings. The number of benzene rings is 2. The van der Waals surface area contributed by atoms with Gasteiger partial charge in [-0.15, -0.1) is 0 Å². The molecular formula is C23H25N3O2. The Balaban J connectivity index is 1.44. The first-order valence-electron chi connectivity index (χ1n) is 9.62. The molecule has 1 saturated heterocycles. The van der Waals surface area contributed by atoms with Crippen LogP contribution in [0.3, 0.4) is 0 Å². The lowest BCUT2D eigenvalue weighted by Gasteiger charge is -2.36. The van der Waals surface area contributed by atoms with Gasteiger partial charge in [-0.2, -0.15) is 0 Å². The molecule has 1 aromatic heterocycles. The van der Waals surface area contributed by atoms with E-state index in [1.54, 1.807) is 6.07 Å². The van der Waals surface area contributed by atoms with Crippen molar-refractivity contribution in [1.82, 2.24) is 9.47 Å². The average Bonchev–Trinajstić information content (AvgIpc) is 3.06. The van der Waals surface area contributed by atoms with Crippen LogP contribution >= 0.6 is 0 Å². The van der Waals surface area contributed by atoms with Gasteiger partial charge in [0, 0.05) is 48.8 Å². The molecule has 4 rings (SSSR count). The highest BCUT2D eigenvalue weighted by Crippen LogP contribution is 2.27. The molecule has 3 aromatic rings. The van der Waals surface area contributed by atoms with Crippen molar-refractivity contribution in [3.05, 3.63) is 77.6 Å². The van der Waals surface area contributed by atoms with Gasteiger partial charge in [0.15, 0.2) is 0 Å². The van der Waals surface area contributed by atoms with E-state index in [1.165, 1.54) is 11.4 Å². The molecular weight excluding hydrogens is 350 g/mol. The summed E-state index contributed by atoms with van der Waals surface area (Å²) in [6.07, 6.45) is 0. The van der Waals surface area contributed by atoms with Gasteiger partial charge in [-0.05, 0) is 62.4 Å². The van der Waals surface area contributed by atoms with Crippen molar-refractivity contribution in [3.63, 3.8) is 0 Å². The van der Waals surface area contributed by atoms with Crippen molar-refractivity contribution in [2.75, 3.05) is 31.1 Å². The number of aromatic nitrogens is 1. The number of carbonyl (C=O) groups excluding carboxylic acids is 1. The average molecular weight is 375 g/mol. The summed E-state index contributed by atoms with van der Waals surface area (Å²) in [4.78, 5) is 16.9. The molecule has 5 heteroatoms. The molecule has 1 amide bonds. The van der Waals surface area contributed by atoms with Crippen molar-refractivity contribution < 1.29 is 9.90 Å². The van der Waals surface area contributed by atoms with Crippen LogP contribution in [-0.2, 0) is 0 Å². The van der Waals surface area contributed by atoms with Crippen LogP contribution in [0.2, 0.25) is 0 Å². The largest absolute Gasteiger partial charge is 0.506 e. The SMILES string of the molecule is Cc1ccc(C)n1-c1ccc(C(=O)N2CCN(c3ccccc3O)CC2)cc1. The Labute approximate surface area is 165 Å². The molecule has 0 bridgehead atoms. The van der Waals surface area contributed by atoms with E-state index in [1.807, 2.05) is 47.4 Å². The first-order valence-corrected chi connectivity index (χ1v) is 9.62. The highest BCUT2D eigenvalue weighted by atomic mass is 16.3. The Bertz CT molecular complexity index is 964. The van der Waals surface area contributed by atoms with Gasteiger partial charge in [0.05, 0.1) is 5.69 Å². The zero-order valence-corrected chi connectivity index (χ0v) is 16.3. The number of aryl methyl sites for hydroxylation is 2. The van der Waals surface area contributed by atoms with E-state index in [0.29, 0.717) is 31.7 Å². The summed E-state index contributed by atoms with van der Waals surface area (Å²) in [6, 6.07) is 19.4. The molecule has 0 spiro atoms. The number of rotatable bonds is 3. The molecule has 2 aromatic carbocycles. The van der Waals surface area contributed by atoms with Crippen LogP contribution in [0.4, 0.5) is 5.69 Å². The van der Waals surface area contributed by atoms with Crippen LogP contribution in [0.25, 0.3) is 5.69 Å². The second kappa shape index (κ2) is 7.43. The highest BCUT2D eigenvalue weighted by molar-refractivity contribution is 5.94. The van der Waals surface area contributed by atoms with Crippen molar-refractivity contribution in [2.24, 2.45) is 0 Å². The quantitative estimate of drug-likeness (QED) is 0.758. The molecule has 1 N–H and O–H groups in total. The number of phenols is 1. The lowest BCUT2D eigenvalue weighted by atomic mass is 10.1. The third-order valence-corrected chi connectivity index (χ3v) is 5.43. The number of hydrogen-bond acceptors (Lipinski definition) is 3. The fourth-order valence-electron chi connectivity index (χ4n) is 3.89. The molecule has 5 nitrogen and oxygen atoms in total. The third kappa shape index (κ3) is 3.36.